The number of hydrogen-bond acceptors (Lipinski definition) is 3. The Bertz CT molecular complexity index is 1380. The Morgan fingerprint density at radius 3 is 2.53 bits per heavy atom. The fourth-order valence-electron chi connectivity index (χ4n) is 4.16. The Kier molecular flexibility index (Phi) is 5.77. The summed E-state index contributed by atoms with van der Waals surface area (Å²) >= 11 is 9.77. The summed E-state index contributed by atoms with van der Waals surface area (Å²) in [5.74, 6) is -0.725. The molecule has 0 fully saturated rings. The van der Waals surface area contributed by atoms with Gasteiger partial charge >= 0.3 is 6.18 Å². The number of amides is 1. The Morgan fingerprint density at radius 1 is 1.09 bits per heavy atom. The highest BCUT2D eigenvalue weighted by molar-refractivity contribution is 9.10. The lowest BCUT2D eigenvalue weighted by molar-refractivity contribution is -0.173. The van der Waals surface area contributed by atoms with Crippen LogP contribution in [-0.2, 0) is 0 Å². The largest absolute Gasteiger partial charge is 0.410 e. The number of anilines is 2. The van der Waals surface area contributed by atoms with Crippen LogP contribution >= 0.6 is 27.5 Å². The summed E-state index contributed by atoms with van der Waals surface area (Å²) < 4.78 is 43.6. The van der Waals surface area contributed by atoms with E-state index in [0.717, 1.165) is 19.9 Å². The first-order chi connectivity index (χ1) is 16.2. The van der Waals surface area contributed by atoms with E-state index in [-0.39, 0.29) is 23.0 Å². The Hall–Kier alpha value is -3.04. The molecule has 2 atom stereocenters. The highest BCUT2D eigenvalue weighted by Gasteiger charge is 2.47. The molecule has 5 rings (SSSR count). The lowest BCUT2D eigenvalue weighted by atomic mass is 9.97. The summed E-state index contributed by atoms with van der Waals surface area (Å²) in [6, 6.07) is 17.2. The van der Waals surface area contributed by atoms with Crippen LogP contribution < -0.4 is 10.6 Å². The number of nitrogens with zero attached hydrogens (tertiary/aromatic N) is 2. The Balaban J connectivity index is 1.51. The van der Waals surface area contributed by atoms with Crippen LogP contribution in [0, 0.1) is 0 Å². The molecular formula is C24H17BrClF3N4O. The topological polar surface area (TPSA) is 59.0 Å². The average Bonchev–Trinajstić information content (AvgIpc) is 3.15. The van der Waals surface area contributed by atoms with Crippen molar-refractivity contribution >= 4 is 55.7 Å². The summed E-state index contributed by atoms with van der Waals surface area (Å²) in [7, 11) is 0. The van der Waals surface area contributed by atoms with Gasteiger partial charge in [0.1, 0.15) is 10.8 Å². The zero-order chi connectivity index (χ0) is 24.0. The molecule has 10 heteroatoms. The van der Waals surface area contributed by atoms with Crippen molar-refractivity contribution in [2.24, 2.45) is 0 Å². The molecule has 1 aliphatic rings. The first-order valence-electron chi connectivity index (χ1n) is 10.4. The van der Waals surface area contributed by atoms with Crippen LogP contribution in [0.3, 0.4) is 0 Å². The fourth-order valence-corrected chi connectivity index (χ4v) is 4.69. The van der Waals surface area contributed by atoms with Gasteiger partial charge in [-0.3, -0.25) is 4.79 Å². The molecule has 0 saturated carbocycles. The minimum absolute atomic E-state index is 0.0359. The predicted octanol–water partition coefficient (Wildman–Crippen LogP) is 7.36. The van der Waals surface area contributed by atoms with Crippen molar-refractivity contribution in [1.82, 2.24) is 9.78 Å². The summed E-state index contributed by atoms with van der Waals surface area (Å²) in [6.07, 6.45) is -4.87. The van der Waals surface area contributed by atoms with Crippen molar-refractivity contribution < 1.29 is 18.0 Å². The van der Waals surface area contributed by atoms with Crippen LogP contribution in [0.15, 0.2) is 71.2 Å². The molecule has 4 aromatic rings. The van der Waals surface area contributed by atoms with Gasteiger partial charge in [0.15, 0.2) is 11.7 Å². The number of fused-ring (bicyclic) bond motifs is 2. The van der Waals surface area contributed by atoms with E-state index in [0.29, 0.717) is 11.3 Å². The van der Waals surface area contributed by atoms with Crippen LogP contribution in [0.2, 0.25) is 5.02 Å². The lowest BCUT2D eigenvalue weighted by Gasteiger charge is -2.33. The first kappa shape index (κ1) is 22.7. The van der Waals surface area contributed by atoms with E-state index in [1.807, 2.05) is 30.3 Å². The second-order valence-electron chi connectivity index (χ2n) is 7.98. The van der Waals surface area contributed by atoms with Gasteiger partial charge in [-0.1, -0.05) is 76.1 Å². The van der Waals surface area contributed by atoms with Gasteiger partial charge in [0.25, 0.3) is 5.91 Å². The van der Waals surface area contributed by atoms with Gasteiger partial charge in [-0.15, -0.1) is 0 Å². The number of carbonyl (C=O) groups excluding carboxylic acids is 1. The third-order valence-electron chi connectivity index (χ3n) is 5.82. The van der Waals surface area contributed by atoms with Crippen molar-refractivity contribution in [2.75, 3.05) is 10.6 Å². The predicted molar refractivity (Wildman–Crippen MR) is 129 cm³/mol. The zero-order valence-corrected chi connectivity index (χ0v) is 19.7. The molecule has 3 aromatic carbocycles. The van der Waals surface area contributed by atoms with Crippen molar-refractivity contribution in [2.45, 2.75) is 24.7 Å². The average molecular weight is 550 g/mol. The van der Waals surface area contributed by atoms with E-state index in [4.69, 9.17) is 11.6 Å². The lowest BCUT2D eigenvalue weighted by Crippen LogP contribution is -2.35. The molecule has 1 aliphatic heterocycles. The molecule has 34 heavy (non-hydrogen) atoms. The maximum atomic E-state index is 14.0. The van der Waals surface area contributed by atoms with Crippen LogP contribution in [0.25, 0.3) is 10.8 Å². The standard InChI is InChI=1S/C24H17BrClF3N4O/c25-15-10-8-14(9-11-15)18-12-19(24(27,28)29)33-22(30-18)20(26)21(32-33)23(34)31-17-7-3-5-13-4-1-2-6-16(13)17/h1-11,18-19,30H,12H2,(H,31,34)/t18-,19+/m0/s1. The van der Waals surface area contributed by atoms with E-state index in [9.17, 15) is 18.0 Å². The van der Waals surface area contributed by atoms with Gasteiger partial charge in [-0.05, 0) is 29.1 Å². The monoisotopic (exact) mass is 548 g/mol. The minimum atomic E-state index is -4.58. The summed E-state index contributed by atoms with van der Waals surface area (Å²) in [5, 5.41) is 11.3. The van der Waals surface area contributed by atoms with Crippen molar-refractivity contribution in [3.8, 4) is 0 Å². The second kappa shape index (κ2) is 8.63. The molecule has 0 bridgehead atoms. The molecule has 1 aromatic heterocycles. The van der Waals surface area contributed by atoms with E-state index < -0.39 is 24.2 Å². The molecular weight excluding hydrogens is 533 g/mol. The number of hydrogen-bond donors (Lipinski definition) is 2. The molecule has 0 radical (unpaired) electrons. The zero-order valence-electron chi connectivity index (χ0n) is 17.4. The van der Waals surface area contributed by atoms with Crippen LogP contribution in [0.4, 0.5) is 24.7 Å². The van der Waals surface area contributed by atoms with E-state index >= 15 is 0 Å². The number of aromatic nitrogens is 2. The normalized spacial score (nSPS) is 17.8. The third-order valence-corrected chi connectivity index (χ3v) is 6.71. The number of nitrogens with one attached hydrogen (secondary N) is 2. The molecule has 1 amide bonds. The van der Waals surface area contributed by atoms with Gasteiger partial charge in [0.2, 0.25) is 0 Å². The summed E-state index contributed by atoms with van der Waals surface area (Å²) in [5.41, 5.74) is 0.906. The molecule has 0 spiro atoms. The quantitative estimate of drug-likeness (QED) is 0.281. The van der Waals surface area contributed by atoms with Crippen molar-refractivity contribution in [3.63, 3.8) is 0 Å². The summed E-state index contributed by atoms with van der Waals surface area (Å²) in [4.78, 5) is 13.1. The van der Waals surface area contributed by atoms with Crippen molar-refractivity contribution in [1.29, 1.82) is 0 Å². The number of halogens is 5. The van der Waals surface area contributed by atoms with E-state index in [2.05, 4.69) is 31.7 Å². The van der Waals surface area contributed by atoms with Gasteiger partial charge in [-0.2, -0.15) is 18.3 Å². The van der Waals surface area contributed by atoms with Gasteiger partial charge < -0.3 is 10.6 Å². The number of alkyl halides is 3. The van der Waals surface area contributed by atoms with E-state index in [1.54, 1.807) is 36.4 Å². The Labute approximate surface area is 206 Å². The number of carbonyl (C=O) groups is 1. The van der Waals surface area contributed by atoms with Crippen LogP contribution in [0.5, 0.6) is 0 Å². The first-order valence-corrected chi connectivity index (χ1v) is 11.6. The molecule has 2 heterocycles. The maximum Gasteiger partial charge on any atom is 0.410 e. The van der Waals surface area contributed by atoms with Gasteiger partial charge in [0.05, 0.1) is 6.04 Å². The number of rotatable bonds is 3. The molecule has 0 saturated heterocycles. The fraction of sp³-hybridized carbons (Fsp3) is 0.167. The van der Waals surface area contributed by atoms with Crippen molar-refractivity contribution in [3.05, 3.63) is 87.5 Å². The second-order valence-corrected chi connectivity index (χ2v) is 9.27. The molecule has 0 unspecified atom stereocenters. The summed E-state index contributed by atoms with van der Waals surface area (Å²) in [6.45, 7) is 0. The molecule has 0 aliphatic carbocycles. The third kappa shape index (κ3) is 4.14. The molecule has 2 N–H and O–H groups in total. The van der Waals surface area contributed by atoms with Gasteiger partial charge in [-0.25, -0.2) is 4.68 Å². The van der Waals surface area contributed by atoms with Gasteiger partial charge in [0, 0.05) is 22.0 Å². The van der Waals surface area contributed by atoms with Crippen LogP contribution in [-0.4, -0.2) is 21.9 Å². The smallest absolute Gasteiger partial charge is 0.362 e. The van der Waals surface area contributed by atoms with Crippen LogP contribution in [0.1, 0.15) is 34.6 Å². The highest BCUT2D eigenvalue weighted by atomic mass is 79.9. The number of benzene rings is 3. The SMILES string of the molecule is O=C(Nc1cccc2ccccc12)c1nn2c(c1Cl)N[C@H](c1ccc(Br)cc1)C[C@@H]2C(F)(F)F. The molecule has 5 nitrogen and oxygen atoms in total. The van der Waals surface area contributed by atoms with E-state index in [1.165, 1.54) is 0 Å². The minimum Gasteiger partial charge on any atom is -0.362 e. The highest BCUT2D eigenvalue weighted by Crippen LogP contribution is 2.46. The Morgan fingerprint density at radius 2 is 1.79 bits per heavy atom. The maximum absolute atomic E-state index is 14.0. The molecule has 174 valence electrons.